The van der Waals surface area contributed by atoms with Gasteiger partial charge in [-0.3, -0.25) is 4.57 Å². The Kier molecular flexibility index (Phi) is 4.46. The zero-order valence-electron chi connectivity index (χ0n) is 14.9. The van der Waals surface area contributed by atoms with Gasteiger partial charge < -0.3 is 10.1 Å². The smallest absolute Gasteiger partial charge is 0.136 e. The lowest BCUT2D eigenvalue weighted by atomic mass is 10.1. The minimum atomic E-state index is 0.534. The highest BCUT2D eigenvalue weighted by Crippen LogP contribution is 2.26. The number of methoxy groups -OCH3 is 1. The summed E-state index contributed by atoms with van der Waals surface area (Å²) in [6.45, 7) is 0.617. The zero-order chi connectivity index (χ0) is 18.6. The maximum absolute atomic E-state index is 9.12. The average molecular weight is 354 g/mol. The molecule has 0 spiro atoms. The number of hydrogen-bond acceptors (Lipinski definition) is 4. The Labute approximate surface area is 157 Å². The van der Waals surface area contributed by atoms with E-state index in [2.05, 4.69) is 33.1 Å². The van der Waals surface area contributed by atoms with Crippen LogP contribution in [0, 0.1) is 11.3 Å². The summed E-state index contributed by atoms with van der Waals surface area (Å²) in [5.74, 6) is 0.589. The Balaban J connectivity index is 1.64. The number of benzene rings is 3. The second-order valence-electron chi connectivity index (χ2n) is 6.12. The van der Waals surface area contributed by atoms with Crippen molar-refractivity contribution in [2.45, 2.75) is 6.54 Å². The Morgan fingerprint density at radius 1 is 1.07 bits per heavy atom. The molecule has 0 aliphatic carbocycles. The van der Waals surface area contributed by atoms with Crippen molar-refractivity contribution in [3.05, 3.63) is 84.2 Å². The standard InChI is InChI=1S/C22H18N4O/c1-27-22-12-16(10-11-17(22)13-23)14-24-18-6-2-4-8-20(18)26-15-25-19-7-3-5-9-21(19)26/h2-12,15,24H,14H2,1H3. The number of nitriles is 1. The number of hydrogen-bond donors (Lipinski definition) is 1. The molecule has 0 bridgehead atoms. The van der Waals surface area contributed by atoms with E-state index in [9.17, 15) is 0 Å². The number of nitrogens with one attached hydrogen (secondary N) is 1. The lowest BCUT2D eigenvalue weighted by Crippen LogP contribution is -2.04. The van der Waals surface area contributed by atoms with Crippen LogP contribution in [0.25, 0.3) is 16.7 Å². The summed E-state index contributed by atoms with van der Waals surface area (Å²) in [6, 6.07) is 23.9. The highest BCUT2D eigenvalue weighted by atomic mass is 16.5. The van der Waals surface area contributed by atoms with E-state index in [-0.39, 0.29) is 0 Å². The van der Waals surface area contributed by atoms with E-state index in [0.29, 0.717) is 17.9 Å². The zero-order valence-corrected chi connectivity index (χ0v) is 14.9. The summed E-state index contributed by atoms with van der Waals surface area (Å²) < 4.78 is 7.38. The van der Waals surface area contributed by atoms with Crippen LogP contribution in [-0.2, 0) is 6.54 Å². The maximum atomic E-state index is 9.12. The normalized spacial score (nSPS) is 10.5. The maximum Gasteiger partial charge on any atom is 0.136 e. The van der Waals surface area contributed by atoms with Crippen LogP contribution in [0.2, 0.25) is 0 Å². The third kappa shape index (κ3) is 3.21. The number of nitrogens with zero attached hydrogens (tertiary/aromatic N) is 3. The molecule has 5 nitrogen and oxygen atoms in total. The quantitative estimate of drug-likeness (QED) is 0.572. The van der Waals surface area contributed by atoms with Crippen molar-refractivity contribution in [1.82, 2.24) is 9.55 Å². The van der Waals surface area contributed by atoms with Crippen LogP contribution in [-0.4, -0.2) is 16.7 Å². The highest BCUT2D eigenvalue weighted by Gasteiger charge is 2.09. The molecule has 0 unspecified atom stereocenters. The molecule has 1 heterocycles. The van der Waals surface area contributed by atoms with Gasteiger partial charge in [0.15, 0.2) is 0 Å². The fourth-order valence-electron chi connectivity index (χ4n) is 3.12. The highest BCUT2D eigenvalue weighted by molar-refractivity contribution is 5.79. The molecule has 0 saturated heterocycles. The van der Waals surface area contributed by atoms with Gasteiger partial charge in [0.1, 0.15) is 18.1 Å². The first kappa shape index (κ1) is 16.7. The first-order chi connectivity index (χ1) is 13.3. The molecule has 5 heteroatoms. The van der Waals surface area contributed by atoms with Crippen molar-refractivity contribution >= 4 is 16.7 Å². The van der Waals surface area contributed by atoms with Gasteiger partial charge in [0.05, 0.1) is 35.1 Å². The lowest BCUT2D eigenvalue weighted by molar-refractivity contribution is 0.413. The molecule has 1 aromatic heterocycles. The Hall–Kier alpha value is -3.78. The molecular formula is C22H18N4O. The molecule has 0 aliphatic heterocycles. The molecule has 0 aliphatic rings. The molecule has 4 rings (SSSR count). The van der Waals surface area contributed by atoms with Gasteiger partial charge in [-0.05, 0) is 42.0 Å². The summed E-state index contributed by atoms with van der Waals surface area (Å²) in [6.07, 6.45) is 1.84. The van der Waals surface area contributed by atoms with E-state index in [1.165, 1.54) is 0 Å². The first-order valence-electron chi connectivity index (χ1n) is 8.62. The number of rotatable bonds is 5. The van der Waals surface area contributed by atoms with Gasteiger partial charge in [0, 0.05) is 6.54 Å². The van der Waals surface area contributed by atoms with Gasteiger partial charge in [0.2, 0.25) is 0 Å². The largest absolute Gasteiger partial charge is 0.495 e. The van der Waals surface area contributed by atoms with Gasteiger partial charge in [-0.1, -0.05) is 30.3 Å². The van der Waals surface area contributed by atoms with Crippen LogP contribution in [0.4, 0.5) is 5.69 Å². The summed E-state index contributed by atoms with van der Waals surface area (Å²) in [7, 11) is 1.58. The minimum Gasteiger partial charge on any atom is -0.495 e. The predicted molar refractivity (Wildman–Crippen MR) is 106 cm³/mol. The summed E-state index contributed by atoms with van der Waals surface area (Å²) in [5.41, 5.74) is 5.63. The summed E-state index contributed by atoms with van der Waals surface area (Å²) in [4.78, 5) is 4.48. The van der Waals surface area contributed by atoms with Crippen LogP contribution >= 0.6 is 0 Å². The Morgan fingerprint density at radius 2 is 1.89 bits per heavy atom. The van der Waals surface area contributed by atoms with Crippen molar-refractivity contribution in [3.63, 3.8) is 0 Å². The number of imidazole rings is 1. The second-order valence-corrected chi connectivity index (χ2v) is 6.12. The van der Waals surface area contributed by atoms with Crippen LogP contribution in [0.3, 0.4) is 0 Å². The molecule has 132 valence electrons. The van der Waals surface area contributed by atoms with Crippen molar-refractivity contribution in [2.75, 3.05) is 12.4 Å². The van der Waals surface area contributed by atoms with E-state index in [1.807, 2.05) is 54.9 Å². The molecule has 0 saturated carbocycles. The van der Waals surface area contributed by atoms with Gasteiger partial charge in [-0.2, -0.15) is 5.26 Å². The molecule has 0 atom stereocenters. The van der Waals surface area contributed by atoms with E-state index < -0.39 is 0 Å². The Bertz CT molecular complexity index is 1140. The SMILES string of the molecule is COc1cc(CNc2ccccc2-n2cnc3ccccc32)ccc1C#N. The topological polar surface area (TPSA) is 62.9 Å². The van der Waals surface area contributed by atoms with Gasteiger partial charge in [-0.25, -0.2) is 4.98 Å². The number of anilines is 1. The van der Waals surface area contributed by atoms with Gasteiger partial charge >= 0.3 is 0 Å². The van der Waals surface area contributed by atoms with E-state index in [0.717, 1.165) is 28.0 Å². The van der Waals surface area contributed by atoms with Gasteiger partial charge in [-0.15, -0.1) is 0 Å². The predicted octanol–water partition coefficient (Wildman–Crippen LogP) is 4.52. The number of fused-ring (bicyclic) bond motifs is 1. The minimum absolute atomic E-state index is 0.534. The van der Waals surface area contributed by atoms with Gasteiger partial charge in [0.25, 0.3) is 0 Å². The molecule has 3 aromatic carbocycles. The van der Waals surface area contributed by atoms with Crippen LogP contribution in [0.5, 0.6) is 5.75 Å². The summed E-state index contributed by atoms with van der Waals surface area (Å²) in [5, 5.41) is 12.6. The van der Waals surface area contributed by atoms with Crippen LogP contribution < -0.4 is 10.1 Å². The number of para-hydroxylation sites is 4. The van der Waals surface area contributed by atoms with Crippen molar-refractivity contribution in [2.24, 2.45) is 0 Å². The van der Waals surface area contributed by atoms with E-state index in [4.69, 9.17) is 10.00 Å². The molecular weight excluding hydrogens is 336 g/mol. The molecule has 27 heavy (non-hydrogen) atoms. The molecule has 0 radical (unpaired) electrons. The van der Waals surface area contributed by atoms with Crippen LogP contribution in [0.15, 0.2) is 73.1 Å². The van der Waals surface area contributed by atoms with Crippen molar-refractivity contribution in [3.8, 4) is 17.5 Å². The fraction of sp³-hybridized carbons (Fsp3) is 0.0909. The van der Waals surface area contributed by atoms with Crippen LogP contribution in [0.1, 0.15) is 11.1 Å². The first-order valence-corrected chi connectivity index (χ1v) is 8.62. The summed E-state index contributed by atoms with van der Waals surface area (Å²) >= 11 is 0. The monoisotopic (exact) mass is 354 g/mol. The number of aromatic nitrogens is 2. The van der Waals surface area contributed by atoms with E-state index in [1.54, 1.807) is 13.2 Å². The molecule has 4 aromatic rings. The van der Waals surface area contributed by atoms with Crippen molar-refractivity contribution < 1.29 is 4.74 Å². The molecule has 0 amide bonds. The average Bonchev–Trinajstić information content (AvgIpc) is 3.16. The second kappa shape index (κ2) is 7.22. The molecule has 0 fully saturated rings. The number of ether oxygens (including phenoxy) is 1. The molecule has 1 N–H and O–H groups in total. The fourth-order valence-corrected chi connectivity index (χ4v) is 3.12. The van der Waals surface area contributed by atoms with E-state index >= 15 is 0 Å². The Morgan fingerprint density at radius 3 is 2.74 bits per heavy atom. The third-order valence-electron chi connectivity index (χ3n) is 4.49. The van der Waals surface area contributed by atoms with Crippen molar-refractivity contribution in [1.29, 1.82) is 5.26 Å². The lowest BCUT2D eigenvalue weighted by Gasteiger charge is -2.14. The third-order valence-corrected chi connectivity index (χ3v) is 4.49.